The third-order valence-electron chi connectivity index (χ3n) is 4.98. The van der Waals surface area contributed by atoms with Gasteiger partial charge in [0, 0.05) is 10.8 Å². The quantitative estimate of drug-likeness (QED) is 0.373. The molecule has 0 fully saturated rings. The molecule has 7 heteroatoms. The van der Waals surface area contributed by atoms with Gasteiger partial charge in [0.1, 0.15) is 6.54 Å². The van der Waals surface area contributed by atoms with Crippen molar-refractivity contribution in [3.63, 3.8) is 0 Å². The number of halogens is 1. The number of nitrogens with one attached hydrogen (secondary N) is 1. The zero-order valence-electron chi connectivity index (χ0n) is 16.7. The summed E-state index contributed by atoms with van der Waals surface area (Å²) in [5.74, 6) is -1.09. The molecule has 1 unspecified atom stereocenters. The van der Waals surface area contributed by atoms with Crippen molar-refractivity contribution in [3.8, 4) is 0 Å². The van der Waals surface area contributed by atoms with E-state index < -0.39 is 18.0 Å². The Morgan fingerprint density at radius 2 is 1.48 bits per heavy atom. The van der Waals surface area contributed by atoms with Crippen molar-refractivity contribution in [1.82, 2.24) is 4.57 Å². The van der Waals surface area contributed by atoms with Crippen LogP contribution < -0.4 is 10.7 Å². The lowest BCUT2D eigenvalue weighted by molar-refractivity contribution is -0.153. The molecule has 6 nitrogen and oxygen atoms in total. The Hall–Kier alpha value is -3.64. The Balaban J connectivity index is 1.58. The van der Waals surface area contributed by atoms with E-state index in [0.717, 1.165) is 0 Å². The van der Waals surface area contributed by atoms with Gasteiger partial charge in [-0.3, -0.25) is 14.4 Å². The minimum atomic E-state index is -1.03. The lowest BCUT2D eigenvalue weighted by Crippen LogP contribution is -2.31. The van der Waals surface area contributed by atoms with E-state index in [1.54, 1.807) is 77.4 Å². The number of pyridine rings is 1. The van der Waals surface area contributed by atoms with E-state index in [4.69, 9.17) is 16.3 Å². The summed E-state index contributed by atoms with van der Waals surface area (Å²) in [6.07, 6.45) is -1.03. The summed E-state index contributed by atoms with van der Waals surface area (Å²) in [5, 5.41) is 4.06. The summed E-state index contributed by atoms with van der Waals surface area (Å²) in [7, 11) is 0. The second-order valence-corrected chi connectivity index (χ2v) is 7.46. The smallest absolute Gasteiger partial charge is 0.326 e. The summed E-state index contributed by atoms with van der Waals surface area (Å²) in [4.78, 5) is 37.9. The Labute approximate surface area is 183 Å². The van der Waals surface area contributed by atoms with Crippen molar-refractivity contribution in [1.29, 1.82) is 0 Å². The fraction of sp³-hybridized carbons (Fsp3) is 0.125. The molecule has 0 spiro atoms. The van der Waals surface area contributed by atoms with E-state index >= 15 is 0 Å². The molecule has 0 aliphatic rings. The van der Waals surface area contributed by atoms with E-state index in [2.05, 4.69) is 5.32 Å². The van der Waals surface area contributed by atoms with Crippen LogP contribution in [0.25, 0.3) is 21.8 Å². The lowest BCUT2D eigenvalue weighted by Gasteiger charge is -2.17. The molecule has 0 saturated heterocycles. The number of ether oxygens (including phenoxy) is 1. The molecule has 1 N–H and O–H groups in total. The zero-order valence-corrected chi connectivity index (χ0v) is 17.4. The highest BCUT2D eigenvalue weighted by Crippen LogP contribution is 2.21. The number of anilines is 1. The fourth-order valence-electron chi connectivity index (χ4n) is 3.46. The minimum absolute atomic E-state index is 0.0942. The van der Waals surface area contributed by atoms with Crippen LogP contribution in [0.3, 0.4) is 0 Å². The fourth-order valence-corrected chi connectivity index (χ4v) is 3.64. The molecule has 1 aromatic heterocycles. The van der Waals surface area contributed by atoms with Gasteiger partial charge < -0.3 is 14.6 Å². The van der Waals surface area contributed by atoms with Gasteiger partial charge in [0.25, 0.3) is 5.91 Å². The van der Waals surface area contributed by atoms with E-state index in [0.29, 0.717) is 32.5 Å². The van der Waals surface area contributed by atoms with E-state index in [9.17, 15) is 14.4 Å². The number of carbonyl (C=O) groups is 2. The van der Waals surface area contributed by atoms with Gasteiger partial charge in [-0.25, -0.2) is 0 Å². The molecule has 31 heavy (non-hydrogen) atoms. The second kappa shape index (κ2) is 8.62. The van der Waals surface area contributed by atoms with Crippen molar-refractivity contribution in [2.24, 2.45) is 0 Å². The van der Waals surface area contributed by atoms with Crippen molar-refractivity contribution >= 4 is 51.0 Å². The van der Waals surface area contributed by atoms with Crippen LogP contribution in [0.1, 0.15) is 6.92 Å². The van der Waals surface area contributed by atoms with Crippen LogP contribution in [0.4, 0.5) is 5.69 Å². The third-order valence-corrected chi connectivity index (χ3v) is 5.30. The van der Waals surface area contributed by atoms with Crippen molar-refractivity contribution in [2.45, 2.75) is 19.6 Å². The second-order valence-electron chi connectivity index (χ2n) is 7.05. The van der Waals surface area contributed by atoms with E-state index in [-0.39, 0.29) is 12.0 Å². The number of para-hydroxylation sites is 3. The molecule has 1 heterocycles. The standard InChI is InChI=1S/C24H19ClN2O4/c1-15(24(30)26-19-11-5-4-10-18(19)25)31-22(28)14-27-20-12-6-2-8-16(20)23(29)17-9-3-7-13-21(17)27/h2-13,15H,14H2,1H3,(H,26,30). The van der Waals surface area contributed by atoms with Crippen LogP contribution in [-0.2, 0) is 20.9 Å². The summed E-state index contributed by atoms with van der Waals surface area (Å²) in [6.45, 7) is 1.34. The molecular formula is C24H19ClN2O4. The zero-order chi connectivity index (χ0) is 22.0. The molecule has 0 saturated carbocycles. The number of aromatic nitrogens is 1. The highest BCUT2D eigenvalue weighted by atomic mass is 35.5. The van der Waals surface area contributed by atoms with Crippen LogP contribution in [0.5, 0.6) is 0 Å². The summed E-state index contributed by atoms with van der Waals surface area (Å²) < 4.78 is 7.09. The molecule has 4 aromatic rings. The lowest BCUT2D eigenvalue weighted by atomic mass is 10.1. The maximum atomic E-state index is 12.8. The molecule has 156 valence electrons. The van der Waals surface area contributed by atoms with Crippen molar-refractivity contribution < 1.29 is 14.3 Å². The van der Waals surface area contributed by atoms with Crippen LogP contribution in [0, 0.1) is 0 Å². The molecule has 4 rings (SSSR count). The van der Waals surface area contributed by atoms with Crippen LogP contribution in [0.2, 0.25) is 5.02 Å². The number of rotatable bonds is 5. The number of nitrogens with zero attached hydrogens (tertiary/aromatic N) is 1. The van der Waals surface area contributed by atoms with Gasteiger partial charge >= 0.3 is 5.97 Å². The van der Waals surface area contributed by atoms with Gasteiger partial charge in [0.2, 0.25) is 0 Å². The number of hydrogen-bond donors (Lipinski definition) is 1. The molecular weight excluding hydrogens is 416 g/mol. The molecule has 0 aliphatic heterocycles. The Morgan fingerprint density at radius 1 is 0.935 bits per heavy atom. The maximum absolute atomic E-state index is 12.8. The van der Waals surface area contributed by atoms with Gasteiger partial charge in [-0.2, -0.15) is 0 Å². The normalized spacial score (nSPS) is 11.9. The predicted molar refractivity (Wildman–Crippen MR) is 121 cm³/mol. The first-order valence-corrected chi connectivity index (χ1v) is 10.1. The topological polar surface area (TPSA) is 77.4 Å². The largest absolute Gasteiger partial charge is 0.451 e. The summed E-state index contributed by atoms with van der Waals surface area (Å²) in [6, 6.07) is 21.0. The summed E-state index contributed by atoms with van der Waals surface area (Å²) in [5.41, 5.74) is 1.59. The number of esters is 1. The Kier molecular flexibility index (Phi) is 5.73. The highest BCUT2D eigenvalue weighted by molar-refractivity contribution is 6.33. The van der Waals surface area contributed by atoms with E-state index in [1.165, 1.54) is 6.92 Å². The number of fused-ring (bicyclic) bond motifs is 2. The molecule has 3 aromatic carbocycles. The highest BCUT2D eigenvalue weighted by Gasteiger charge is 2.20. The average Bonchev–Trinajstić information content (AvgIpc) is 2.78. The van der Waals surface area contributed by atoms with Gasteiger partial charge in [-0.1, -0.05) is 48.0 Å². The molecule has 1 amide bonds. The Morgan fingerprint density at radius 3 is 2.10 bits per heavy atom. The number of hydrogen-bond acceptors (Lipinski definition) is 4. The maximum Gasteiger partial charge on any atom is 0.326 e. The first-order chi connectivity index (χ1) is 15.0. The number of carbonyl (C=O) groups excluding carboxylic acids is 2. The van der Waals surface area contributed by atoms with Crippen LogP contribution in [-0.4, -0.2) is 22.5 Å². The number of benzene rings is 3. The average molecular weight is 435 g/mol. The minimum Gasteiger partial charge on any atom is -0.451 e. The first-order valence-electron chi connectivity index (χ1n) is 9.71. The van der Waals surface area contributed by atoms with Gasteiger partial charge in [-0.05, 0) is 43.3 Å². The monoisotopic (exact) mass is 434 g/mol. The molecule has 0 radical (unpaired) electrons. The molecule has 0 bridgehead atoms. The van der Waals surface area contributed by atoms with Crippen LogP contribution in [0.15, 0.2) is 77.6 Å². The van der Waals surface area contributed by atoms with Crippen molar-refractivity contribution in [2.75, 3.05) is 5.32 Å². The molecule has 1 atom stereocenters. The first kappa shape index (κ1) is 20.6. The Bertz CT molecular complexity index is 1300. The third kappa shape index (κ3) is 4.15. The van der Waals surface area contributed by atoms with E-state index in [1.807, 2.05) is 0 Å². The van der Waals surface area contributed by atoms with Crippen molar-refractivity contribution in [3.05, 3.63) is 88.0 Å². The van der Waals surface area contributed by atoms with Gasteiger partial charge in [0.15, 0.2) is 11.5 Å². The predicted octanol–water partition coefficient (Wildman–Crippen LogP) is 4.38. The van der Waals surface area contributed by atoms with Gasteiger partial charge in [-0.15, -0.1) is 0 Å². The van der Waals surface area contributed by atoms with Gasteiger partial charge in [0.05, 0.1) is 21.7 Å². The SMILES string of the molecule is CC(OC(=O)Cn1c2ccccc2c(=O)c2ccccc21)C(=O)Nc1ccccc1Cl. The van der Waals surface area contributed by atoms with Crippen LogP contribution >= 0.6 is 11.6 Å². The molecule has 0 aliphatic carbocycles. The number of amides is 1. The summed E-state index contributed by atoms with van der Waals surface area (Å²) >= 11 is 6.06.